The molecule has 2 rings (SSSR count). The number of nitro groups is 1. The van der Waals surface area contributed by atoms with Crippen molar-refractivity contribution >= 4 is 28.3 Å². The molecule has 0 fully saturated rings. The Morgan fingerprint density at radius 1 is 1.60 bits per heavy atom. The third-order valence-electron chi connectivity index (χ3n) is 2.15. The fourth-order valence-electron chi connectivity index (χ4n) is 1.43. The van der Waals surface area contributed by atoms with E-state index in [2.05, 4.69) is 9.97 Å². The fraction of sp³-hybridized carbons (Fsp3) is 0.222. The highest BCUT2D eigenvalue weighted by Crippen LogP contribution is 2.31. The van der Waals surface area contributed by atoms with Crippen LogP contribution in [0.3, 0.4) is 0 Å². The minimum atomic E-state index is -0.509. The molecule has 0 spiro atoms. The number of hydrogen-bond donors (Lipinski definition) is 1. The van der Waals surface area contributed by atoms with Crippen LogP contribution in [0.5, 0.6) is 0 Å². The second kappa shape index (κ2) is 3.51. The van der Waals surface area contributed by atoms with Crippen LogP contribution in [0.15, 0.2) is 12.1 Å². The van der Waals surface area contributed by atoms with Gasteiger partial charge in [-0.2, -0.15) is 0 Å². The van der Waals surface area contributed by atoms with E-state index in [1.165, 1.54) is 6.07 Å². The van der Waals surface area contributed by atoms with Crippen LogP contribution in [0.25, 0.3) is 11.0 Å². The van der Waals surface area contributed by atoms with Crippen molar-refractivity contribution in [1.29, 1.82) is 0 Å². The molecule has 0 saturated heterocycles. The first kappa shape index (κ1) is 9.92. The average molecular weight is 226 g/mol. The third-order valence-corrected chi connectivity index (χ3v) is 2.45. The maximum Gasteiger partial charge on any atom is 0.315 e. The van der Waals surface area contributed by atoms with Crippen molar-refractivity contribution in [3.8, 4) is 0 Å². The van der Waals surface area contributed by atoms with Gasteiger partial charge in [0.1, 0.15) is 10.8 Å². The molecule has 1 aromatic heterocycles. The Morgan fingerprint density at radius 3 is 2.93 bits per heavy atom. The lowest BCUT2D eigenvalue weighted by molar-refractivity contribution is -0.383. The molecule has 0 unspecified atom stereocenters. The van der Waals surface area contributed by atoms with E-state index < -0.39 is 4.92 Å². The van der Waals surface area contributed by atoms with Crippen molar-refractivity contribution in [3.63, 3.8) is 0 Å². The fourth-order valence-corrected chi connectivity index (χ4v) is 1.65. The summed E-state index contributed by atoms with van der Waals surface area (Å²) in [5.41, 5.74) is 0.831. The number of halogens is 1. The predicted octanol–water partition coefficient (Wildman–Crippen LogP) is 2.69. The largest absolute Gasteiger partial charge is 0.342 e. The van der Waals surface area contributed by atoms with Gasteiger partial charge in [0.2, 0.25) is 0 Å². The molecular formula is C9H8ClN3O2. The first-order valence-corrected chi connectivity index (χ1v) is 4.82. The second-order valence-corrected chi connectivity index (χ2v) is 3.49. The van der Waals surface area contributed by atoms with Gasteiger partial charge in [0.15, 0.2) is 5.52 Å². The summed E-state index contributed by atoms with van der Waals surface area (Å²) in [5, 5.41) is 10.9. The Kier molecular flexibility index (Phi) is 2.32. The number of fused-ring (bicyclic) bond motifs is 1. The van der Waals surface area contributed by atoms with Gasteiger partial charge < -0.3 is 4.98 Å². The van der Waals surface area contributed by atoms with Crippen molar-refractivity contribution in [2.45, 2.75) is 13.3 Å². The standard InChI is InChI=1S/C9H8ClN3O2/c1-2-7-11-6-4-3-5(10)9(13(14)15)8(6)12-7/h3-4H,2H2,1H3,(H,11,12). The number of aromatic amines is 1. The first-order valence-electron chi connectivity index (χ1n) is 4.45. The molecule has 15 heavy (non-hydrogen) atoms. The third kappa shape index (κ3) is 1.55. The van der Waals surface area contributed by atoms with Crippen LogP contribution >= 0.6 is 11.6 Å². The summed E-state index contributed by atoms with van der Waals surface area (Å²) in [7, 11) is 0. The topological polar surface area (TPSA) is 71.8 Å². The van der Waals surface area contributed by atoms with Gasteiger partial charge in [-0.25, -0.2) is 4.98 Å². The van der Waals surface area contributed by atoms with Crippen molar-refractivity contribution in [3.05, 3.63) is 33.1 Å². The Balaban J connectivity index is 2.80. The Morgan fingerprint density at radius 2 is 2.33 bits per heavy atom. The predicted molar refractivity (Wildman–Crippen MR) is 57.1 cm³/mol. The van der Waals surface area contributed by atoms with E-state index in [4.69, 9.17) is 11.6 Å². The molecule has 1 heterocycles. The van der Waals surface area contributed by atoms with Crippen LogP contribution in [-0.4, -0.2) is 14.9 Å². The van der Waals surface area contributed by atoms with Crippen LogP contribution in [0.1, 0.15) is 12.7 Å². The van der Waals surface area contributed by atoms with Crippen molar-refractivity contribution in [1.82, 2.24) is 9.97 Å². The molecule has 6 heteroatoms. The molecule has 0 radical (unpaired) electrons. The molecule has 0 aliphatic heterocycles. The normalized spacial score (nSPS) is 10.8. The monoisotopic (exact) mass is 225 g/mol. The van der Waals surface area contributed by atoms with Crippen LogP contribution in [0.2, 0.25) is 5.02 Å². The second-order valence-electron chi connectivity index (χ2n) is 3.09. The summed E-state index contributed by atoms with van der Waals surface area (Å²) in [4.78, 5) is 17.4. The first-order chi connectivity index (χ1) is 7.13. The summed E-state index contributed by atoms with van der Waals surface area (Å²) < 4.78 is 0. The minimum absolute atomic E-state index is 0.113. The summed E-state index contributed by atoms with van der Waals surface area (Å²) in [6.45, 7) is 1.92. The zero-order valence-electron chi connectivity index (χ0n) is 7.95. The van der Waals surface area contributed by atoms with Crippen molar-refractivity contribution < 1.29 is 4.92 Å². The molecule has 1 aromatic carbocycles. The summed E-state index contributed by atoms with van der Waals surface area (Å²) in [5.74, 6) is 0.718. The highest BCUT2D eigenvalue weighted by atomic mass is 35.5. The lowest BCUT2D eigenvalue weighted by Gasteiger charge is -1.94. The number of aromatic nitrogens is 2. The van der Waals surface area contributed by atoms with Gasteiger partial charge in [-0.15, -0.1) is 0 Å². The quantitative estimate of drug-likeness (QED) is 0.631. The van der Waals surface area contributed by atoms with E-state index in [-0.39, 0.29) is 10.7 Å². The van der Waals surface area contributed by atoms with Crippen LogP contribution in [0, 0.1) is 10.1 Å². The molecule has 0 aliphatic carbocycles. The number of benzene rings is 1. The molecule has 78 valence electrons. The lowest BCUT2D eigenvalue weighted by Crippen LogP contribution is -1.90. The van der Waals surface area contributed by atoms with Crippen LogP contribution < -0.4 is 0 Å². The van der Waals surface area contributed by atoms with E-state index >= 15 is 0 Å². The summed E-state index contributed by atoms with van der Waals surface area (Å²) in [6.07, 6.45) is 0.698. The molecule has 0 amide bonds. The smallest absolute Gasteiger partial charge is 0.315 e. The summed E-state index contributed by atoms with van der Waals surface area (Å²) >= 11 is 5.76. The Bertz CT molecular complexity index is 535. The number of nitro benzene ring substituents is 1. The van der Waals surface area contributed by atoms with E-state index in [1.54, 1.807) is 6.07 Å². The SMILES string of the molecule is CCc1nc2c([N+](=O)[O-])c(Cl)ccc2[nH]1. The van der Waals surface area contributed by atoms with Crippen molar-refractivity contribution in [2.75, 3.05) is 0 Å². The molecule has 2 aromatic rings. The maximum absolute atomic E-state index is 10.8. The molecule has 0 atom stereocenters. The number of nitrogens with zero attached hydrogens (tertiary/aromatic N) is 2. The van der Waals surface area contributed by atoms with E-state index in [1.807, 2.05) is 6.92 Å². The molecule has 1 N–H and O–H groups in total. The van der Waals surface area contributed by atoms with Crippen molar-refractivity contribution in [2.24, 2.45) is 0 Å². The zero-order valence-corrected chi connectivity index (χ0v) is 8.71. The number of nitrogens with one attached hydrogen (secondary N) is 1. The lowest BCUT2D eigenvalue weighted by atomic mass is 10.3. The minimum Gasteiger partial charge on any atom is -0.342 e. The number of rotatable bonds is 2. The van der Waals surface area contributed by atoms with E-state index in [0.717, 1.165) is 5.82 Å². The maximum atomic E-state index is 10.8. The average Bonchev–Trinajstić information content (AvgIpc) is 2.59. The summed E-state index contributed by atoms with van der Waals surface area (Å²) in [6, 6.07) is 3.19. The molecule has 0 saturated carbocycles. The highest BCUT2D eigenvalue weighted by Gasteiger charge is 2.20. The molecule has 0 aliphatic rings. The van der Waals surface area contributed by atoms with Gasteiger partial charge in [-0.3, -0.25) is 10.1 Å². The van der Waals surface area contributed by atoms with Gasteiger partial charge in [0.05, 0.1) is 10.4 Å². The Hall–Kier alpha value is -1.62. The number of H-pyrrole nitrogens is 1. The van der Waals surface area contributed by atoms with E-state index in [9.17, 15) is 10.1 Å². The van der Waals surface area contributed by atoms with Crippen LogP contribution in [-0.2, 0) is 6.42 Å². The van der Waals surface area contributed by atoms with Gasteiger partial charge in [-0.05, 0) is 12.1 Å². The number of aryl methyl sites for hydroxylation is 1. The molecule has 0 bridgehead atoms. The van der Waals surface area contributed by atoms with Gasteiger partial charge in [0.25, 0.3) is 0 Å². The van der Waals surface area contributed by atoms with Gasteiger partial charge in [0, 0.05) is 6.42 Å². The van der Waals surface area contributed by atoms with E-state index in [0.29, 0.717) is 17.5 Å². The molecule has 5 nitrogen and oxygen atoms in total. The highest BCUT2D eigenvalue weighted by molar-refractivity contribution is 6.33. The molecular weight excluding hydrogens is 218 g/mol. The number of imidazole rings is 1. The zero-order chi connectivity index (χ0) is 11.0. The number of hydrogen-bond acceptors (Lipinski definition) is 3. The van der Waals surface area contributed by atoms with Crippen LogP contribution in [0.4, 0.5) is 5.69 Å². The van der Waals surface area contributed by atoms with Gasteiger partial charge in [-0.1, -0.05) is 18.5 Å². The van der Waals surface area contributed by atoms with Gasteiger partial charge >= 0.3 is 5.69 Å². The Labute approximate surface area is 90.2 Å².